The normalized spacial score (nSPS) is 54.8. The van der Waals surface area contributed by atoms with Gasteiger partial charge in [-0.2, -0.15) is 0 Å². The number of carbonyl (C=O) groups excluding carboxylic acids is 1. The highest BCUT2D eigenvalue weighted by molar-refractivity contribution is 5.74. The van der Waals surface area contributed by atoms with Crippen molar-refractivity contribution < 1.29 is 19.7 Å². The summed E-state index contributed by atoms with van der Waals surface area (Å²) in [5.74, 6) is 3.74. The number of rotatable bonds is 3. The maximum absolute atomic E-state index is 12.9. The Labute approximate surface area is 188 Å². The molecule has 31 heavy (non-hydrogen) atoms. The summed E-state index contributed by atoms with van der Waals surface area (Å²) in [7, 11) is 0. The van der Waals surface area contributed by atoms with Gasteiger partial charge in [-0.25, -0.2) is 0 Å². The largest absolute Gasteiger partial charge is 0.462 e. The van der Waals surface area contributed by atoms with Crippen LogP contribution in [0.15, 0.2) is 0 Å². The number of carbonyl (C=O) groups is 1. The first kappa shape index (κ1) is 22.2. The highest BCUT2D eigenvalue weighted by atomic mass is 16.5. The van der Waals surface area contributed by atoms with Gasteiger partial charge >= 0.3 is 5.97 Å². The molecule has 4 aliphatic carbocycles. The average molecular weight is 433 g/mol. The zero-order valence-corrected chi connectivity index (χ0v) is 20.1. The molecule has 1 aliphatic heterocycles. The second-order valence-corrected chi connectivity index (χ2v) is 12.9. The third kappa shape index (κ3) is 3.25. The van der Waals surface area contributed by atoms with Crippen LogP contribution in [0.2, 0.25) is 0 Å². The maximum Gasteiger partial charge on any atom is 0.309 e. The van der Waals surface area contributed by atoms with Crippen LogP contribution in [0.5, 0.6) is 0 Å². The Morgan fingerprint density at radius 1 is 1.06 bits per heavy atom. The summed E-state index contributed by atoms with van der Waals surface area (Å²) in [5, 5.41) is 19.8. The number of aliphatic hydroxyl groups is 2. The minimum absolute atomic E-state index is 0.00946. The lowest BCUT2D eigenvalue weighted by atomic mass is 9.44. The molecular weight excluding hydrogens is 388 g/mol. The lowest BCUT2D eigenvalue weighted by Crippen LogP contribution is -2.55. The molecule has 5 fully saturated rings. The quantitative estimate of drug-likeness (QED) is 0.628. The molecule has 4 saturated carbocycles. The number of esters is 1. The summed E-state index contributed by atoms with van der Waals surface area (Å²) in [5.41, 5.74) is 0.655. The Morgan fingerprint density at radius 3 is 2.55 bits per heavy atom. The highest BCUT2D eigenvalue weighted by Gasteiger charge is 2.65. The van der Waals surface area contributed by atoms with E-state index in [4.69, 9.17) is 4.74 Å². The van der Waals surface area contributed by atoms with E-state index in [1.165, 1.54) is 32.1 Å². The van der Waals surface area contributed by atoms with Gasteiger partial charge in [0.1, 0.15) is 6.10 Å². The van der Waals surface area contributed by atoms with Crippen molar-refractivity contribution in [2.75, 3.05) is 6.61 Å². The fraction of sp³-hybridized carbons (Fsp3) is 0.963. The number of ether oxygens (including phenoxy) is 1. The first-order valence-electron chi connectivity index (χ1n) is 13.2. The Morgan fingerprint density at radius 2 is 1.81 bits per heavy atom. The monoisotopic (exact) mass is 432 g/mol. The van der Waals surface area contributed by atoms with E-state index in [9.17, 15) is 15.0 Å². The van der Waals surface area contributed by atoms with Gasteiger partial charge in [-0.1, -0.05) is 27.7 Å². The molecule has 4 nitrogen and oxygen atoms in total. The van der Waals surface area contributed by atoms with Crippen molar-refractivity contribution in [1.29, 1.82) is 0 Å². The van der Waals surface area contributed by atoms with Crippen LogP contribution in [0.1, 0.15) is 85.5 Å². The summed E-state index contributed by atoms with van der Waals surface area (Å²) in [4.78, 5) is 12.9. The summed E-state index contributed by atoms with van der Waals surface area (Å²) in [6.07, 6.45) is 10.1. The molecule has 1 heterocycles. The minimum Gasteiger partial charge on any atom is -0.462 e. The highest BCUT2D eigenvalue weighted by Crippen LogP contribution is 2.69. The molecule has 0 spiro atoms. The molecule has 12 atom stereocenters. The van der Waals surface area contributed by atoms with Gasteiger partial charge in [0.25, 0.3) is 0 Å². The van der Waals surface area contributed by atoms with Crippen molar-refractivity contribution in [2.24, 2.45) is 58.2 Å². The molecule has 0 aromatic heterocycles. The topological polar surface area (TPSA) is 66.8 Å². The van der Waals surface area contributed by atoms with E-state index in [1.54, 1.807) is 0 Å². The van der Waals surface area contributed by atoms with Crippen LogP contribution in [0.25, 0.3) is 0 Å². The molecule has 0 amide bonds. The Balaban J connectivity index is 1.40. The molecule has 0 radical (unpaired) electrons. The van der Waals surface area contributed by atoms with Gasteiger partial charge < -0.3 is 14.9 Å². The molecule has 176 valence electrons. The van der Waals surface area contributed by atoms with Gasteiger partial charge in [-0.15, -0.1) is 0 Å². The van der Waals surface area contributed by atoms with Gasteiger partial charge in [0.15, 0.2) is 0 Å². The van der Waals surface area contributed by atoms with E-state index < -0.39 is 0 Å². The van der Waals surface area contributed by atoms with E-state index in [2.05, 4.69) is 20.8 Å². The van der Waals surface area contributed by atoms with E-state index in [0.717, 1.165) is 37.5 Å². The van der Waals surface area contributed by atoms with Crippen LogP contribution in [-0.4, -0.2) is 35.0 Å². The van der Waals surface area contributed by atoms with E-state index >= 15 is 0 Å². The van der Waals surface area contributed by atoms with E-state index in [-0.39, 0.29) is 42.0 Å². The fourth-order valence-corrected chi connectivity index (χ4v) is 9.84. The number of fused-ring (bicyclic) bond motifs is 7. The van der Waals surface area contributed by atoms with Crippen molar-refractivity contribution in [1.82, 2.24) is 0 Å². The van der Waals surface area contributed by atoms with Crippen molar-refractivity contribution in [3.8, 4) is 0 Å². The summed E-state index contributed by atoms with van der Waals surface area (Å²) in [6, 6.07) is 0. The Kier molecular flexibility index (Phi) is 5.53. The van der Waals surface area contributed by atoms with Gasteiger partial charge in [0, 0.05) is 12.5 Å². The van der Waals surface area contributed by atoms with Crippen molar-refractivity contribution in [3.05, 3.63) is 0 Å². The SMILES string of the molecule is CC(CO)C[C@H]1C(=O)O[C@H]2C[C@H]3[C@@H]4CCC5C[C@@H](O)CC[C@]5(C)[C@H]4CC[C@]3(C)[C@H]2[C@@H]1C. The van der Waals surface area contributed by atoms with Crippen LogP contribution in [0.3, 0.4) is 0 Å². The third-order valence-corrected chi connectivity index (χ3v) is 11.5. The third-order valence-electron chi connectivity index (χ3n) is 11.5. The van der Waals surface area contributed by atoms with Crippen LogP contribution >= 0.6 is 0 Å². The molecular formula is C27H44O4. The van der Waals surface area contributed by atoms with Crippen molar-refractivity contribution in [3.63, 3.8) is 0 Å². The van der Waals surface area contributed by atoms with Crippen LogP contribution in [-0.2, 0) is 9.53 Å². The Hall–Kier alpha value is -0.610. The average Bonchev–Trinajstić information content (AvgIpc) is 3.03. The molecule has 0 bridgehead atoms. The van der Waals surface area contributed by atoms with Crippen molar-refractivity contribution >= 4 is 5.97 Å². The van der Waals surface area contributed by atoms with Gasteiger partial charge in [0.05, 0.1) is 12.0 Å². The van der Waals surface area contributed by atoms with Crippen LogP contribution in [0, 0.1) is 58.2 Å². The first-order valence-corrected chi connectivity index (χ1v) is 13.2. The van der Waals surface area contributed by atoms with Gasteiger partial charge in [0.2, 0.25) is 0 Å². The van der Waals surface area contributed by atoms with Crippen molar-refractivity contribution in [2.45, 2.75) is 97.7 Å². The smallest absolute Gasteiger partial charge is 0.309 e. The zero-order chi connectivity index (χ0) is 22.1. The predicted octanol–water partition coefficient (Wildman–Crippen LogP) is 4.81. The predicted molar refractivity (Wildman–Crippen MR) is 120 cm³/mol. The molecule has 0 aromatic carbocycles. The van der Waals surface area contributed by atoms with Crippen LogP contribution < -0.4 is 0 Å². The van der Waals surface area contributed by atoms with Gasteiger partial charge in [-0.05, 0) is 104 Å². The molecule has 5 aliphatic rings. The molecule has 4 heteroatoms. The Bertz CT molecular complexity index is 707. The standard InChI is InChI=1S/C27H44O4/c1-15(14-28)11-20-16(2)24-23(31-25(20)30)13-22-19-6-5-17-12-18(29)7-9-26(17,3)21(19)8-10-27(22,24)4/h15-24,28-29H,5-14H2,1-4H3/t15?,16-,17?,18+,19-,20-,21+,22+,23+,24+,26+,27+/m1/s1. The summed E-state index contributed by atoms with van der Waals surface area (Å²) < 4.78 is 6.17. The van der Waals surface area contributed by atoms with E-state index in [1.807, 2.05) is 6.92 Å². The van der Waals surface area contributed by atoms with Gasteiger partial charge in [-0.3, -0.25) is 4.79 Å². The second kappa shape index (κ2) is 7.72. The second-order valence-electron chi connectivity index (χ2n) is 12.9. The number of hydrogen-bond acceptors (Lipinski definition) is 4. The van der Waals surface area contributed by atoms with Crippen LogP contribution in [0.4, 0.5) is 0 Å². The number of hydrogen-bond donors (Lipinski definition) is 2. The molecule has 0 aromatic rings. The zero-order valence-electron chi connectivity index (χ0n) is 20.1. The van der Waals surface area contributed by atoms with E-state index in [0.29, 0.717) is 29.1 Å². The summed E-state index contributed by atoms with van der Waals surface area (Å²) in [6.45, 7) is 9.55. The molecule has 1 saturated heterocycles. The number of aliphatic hydroxyl groups excluding tert-OH is 2. The first-order chi connectivity index (χ1) is 14.7. The fourth-order valence-electron chi connectivity index (χ4n) is 9.84. The lowest BCUT2D eigenvalue weighted by molar-refractivity contribution is -0.177. The summed E-state index contributed by atoms with van der Waals surface area (Å²) >= 11 is 0. The molecule has 2 N–H and O–H groups in total. The lowest BCUT2D eigenvalue weighted by Gasteiger charge is -2.61. The minimum atomic E-state index is -0.0867. The maximum atomic E-state index is 12.9. The molecule has 2 unspecified atom stereocenters. The molecule has 5 rings (SSSR count).